The lowest BCUT2D eigenvalue weighted by atomic mass is 9.73. The highest BCUT2D eigenvalue weighted by Crippen LogP contribution is 2.53. The molecule has 278 valence electrons. The quantitative estimate of drug-likeness (QED) is 0.184. The molecule has 0 saturated carbocycles. The number of piperidine rings is 1. The van der Waals surface area contributed by atoms with Gasteiger partial charge < -0.3 is 24.1 Å². The Hall–Kier alpha value is -5.33. The van der Waals surface area contributed by atoms with Crippen LogP contribution in [0.1, 0.15) is 81.0 Å². The molecule has 3 aliphatic rings. The highest BCUT2D eigenvalue weighted by molar-refractivity contribution is 5.91. The maximum atomic E-state index is 14.8. The van der Waals surface area contributed by atoms with Crippen LogP contribution in [0.5, 0.6) is 5.75 Å². The Bertz CT molecular complexity index is 2010. The van der Waals surface area contributed by atoms with Gasteiger partial charge >= 0.3 is 6.09 Å². The molecule has 2 amide bonds. The monoisotopic (exact) mass is 729 g/mol. The molecule has 1 spiro atoms. The van der Waals surface area contributed by atoms with Crippen molar-refractivity contribution in [1.29, 1.82) is 0 Å². The molecule has 13 heteroatoms. The van der Waals surface area contributed by atoms with Gasteiger partial charge in [0.15, 0.2) is 11.6 Å². The fraction of sp³-hybridized carbons (Fsp3) is 0.400. The van der Waals surface area contributed by atoms with Crippen molar-refractivity contribution in [3.63, 3.8) is 0 Å². The molecule has 3 aromatic carbocycles. The third-order valence-corrected chi connectivity index (χ3v) is 10.4. The van der Waals surface area contributed by atoms with Crippen molar-refractivity contribution in [3.05, 3.63) is 114 Å². The maximum Gasteiger partial charge on any atom is 0.415 e. The van der Waals surface area contributed by atoms with Crippen molar-refractivity contribution in [2.24, 2.45) is 0 Å². The first-order valence-electron chi connectivity index (χ1n) is 17.8. The number of rotatable bonds is 8. The van der Waals surface area contributed by atoms with Gasteiger partial charge in [0, 0.05) is 37.7 Å². The van der Waals surface area contributed by atoms with E-state index in [1.165, 1.54) is 12.1 Å². The number of benzene rings is 3. The molecule has 1 aliphatic carbocycles. The fourth-order valence-electron chi connectivity index (χ4n) is 7.90. The van der Waals surface area contributed by atoms with Gasteiger partial charge in [0.1, 0.15) is 29.3 Å². The third-order valence-electron chi connectivity index (χ3n) is 10.4. The summed E-state index contributed by atoms with van der Waals surface area (Å²) in [4.78, 5) is 30.6. The summed E-state index contributed by atoms with van der Waals surface area (Å²) < 4.78 is 59.6. The Morgan fingerprint density at radius 2 is 1.87 bits per heavy atom. The molecule has 53 heavy (non-hydrogen) atoms. The second-order valence-electron chi connectivity index (χ2n) is 15.1. The number of amides is 2. The van der Waals surface area contributed by atoms with E-state index in [0.717, 1.165) is 48.2 Å². The number of nitrogens with one attached hydrogen (secondary N) is 1. The number of ether oxygens (including phenoxy) is 2. The SMILES string of the molecule is C=CC1CN(C(=O)OC(C)(C)C)c2ccc(N3CCC4(CC3)C[C@@H](CC(=O)N[C@H](Cc3ccc(F)c(F)c3)c3nnco3)c3ccc(F)cc34)cc2O1. The van der Waals surface area contributed by atoms with Crippen molar-refractivity contribution >= 4 is 23.4 Å². The molecule has 0 radical (unpaired) electrons. The summed E-state index contributed by atoms with van der Waals surface area (Å²) >= 11 is 0. The number of anilines is 2. The first-order chi connectivity index (χ1) is 25.3. The fourth-order valence-corrected chi connectivity index (χ4v) is 7.90. The van der Waals surface area contributed by atoms with Gasteiger partial charge in [-0.3, -0.25) is 9.69 Å². The Morgan fingerprint density at radius 1 is 1.08 bits per heavy atom. The van der Waals surface area contributed by atoms with E-state index in [-0.39, 0.29) is 48.3 Å². The molecule has 1 aromatic heterocycles. The molecule has 1 unspecified atom stereocenters. The Kier molecular flexibility index (Phi) is 9.69. The average molecular weight is 730 g/mol. The van der Waals surface area contributed by atoms with E-state index < -0.39 is 35.5 Å². The van der Waals surface area contributed by atoms with E-state index in [9.17, 15) is 22.8 Å². The van der Waals surface area contributed by atoms with Gasteiger partial charge in [-0.05, 0) is 111 Å². The summed E-state index contributed by atoms with van der Waals surface area (Å²) in [5, 5.41) is 10.6. The number of halogens is 3. The molecule has 4 aromatic rings. The molecule has 7 rings (SSSR count). The van der Waals surface area contributed by atoms with E-state index in [4.69, 9.17) is 13.9 Å². The summed E-state index contributed by atoms with van der Waals surface area (Å²) in [7, 11) is 0. The van der Waals surface area contributed by atoms with Crippen LogP contribution in [0.25, 0.3) is 0 Å². The van der Waals surface area contributed by atoms with Crippen LogP contribution < -0.4 is 19.9 Å². The lowest BCUT2D eigenvalue weighted by Crippen LogP contribution is -2.45. The second kappa shape index (κ2) is 14.2. The van der Waals surface area contributed by atoms with E-state index in [0.29, 0.717) is 36.5 Å². The topological polar surface area (TPSA) is 110 Å². The number of hydrogen-bond acceptors (Lipinski definition) is 8. The summed E-state index contributed by atoms with van der Waals surface area (Å²) in [5.41, 5.74) is 2.91. The summed E-state index contributed by atoms with van der Waals surface area (Å²) in [6.45, 7) is 11.0. The highest BCUT2D eigenvalue weighted by atomic mass is 19.2. The van der Waals surface area contributed by atoms with Crippen LogP contribution in [0.15, 0.2) is 78.1 Å². The number of hydrogen-bond donors (Lipinski definition) is 1. The number of aromatic nitrogens is 2. The minimum Gasteiger partial charge on any atom is -0.482 e. The van der Waals surface area contributed by atoms with Gasteiger partial charge in [0.2, 0.25) is 18.2 Å². The van der Waals surface area contributed by atoms with E-state index in [2.05, 4.69) is 27.0 Å². The molecule has 0 bridgehead atoms. The molecular formula is C40H42F3N5O5. The molecule has 1 N–H and O–H groups in total. The van der Waals surface area contributed by atoms with Gasteiger partial charge in [-0.2, -0.15) is 0 Å². The highest BCUT2D eigenvalue weighted by Gasteiger charge is 2.46. The van der Waals surface area contributed by atoms with Crippen LogP contribution in [0, 0.1) is 17.5 Å². The largest absolute Gasteiger partial charge is 0.482 e. The van der Waals surface area contributed by atoms with Crippen molar-refractivity contribution in [2.75, 3.05) is 29.4 Å². The molecule has 3 heterocycles. The maximum absolute atomic E-state index is 14.8. The van der Waals surface area contributed by atoms with Crippen molar-refractivity contribution in [2.45, 2.75) is 82.0 Å². The van der Waals surface area contributed by atoms with Crippen LogP contribution in [0.4, 0.5) is 29.3 Å². The lowest BCUT2D eigenvalue weighted by Gasteiger charge is -2.42. The van der Waals surface area contributed by atoms with Crippen molar-refractivity contribution < 1.29 is 36.7 Å². The molecular weight excluding hydrogens is 687 g/mol. The van der Waals surface area contributed by atoms with Gasteiger partial charge in [-0.25, -0.2) is 18.0 Å². The van der Waals surface area contributed by atoms with Gasteiger partial charge in [-0.15, -0.1) is 10.2 Å². The second-order valence-corrected chi connectivity index (χ2v) is 15.1. The number of fused-ring (bicyclic) bond motifs is 3. The first-order valence-corrected chi connectivity index (χ1v) is 17.8. The predicted molar refractivity (Wildman–Crippen MR) is 191 cm³/mol. The smallest absolute Gasteiger partial charge is 0.415 e. The van der Waals surface area contributed by atoms with E-state index >= 15 is 0 Å². The molecule has 2 aliphatic heterocycles. The Balaban J connectivity index is 1.06. The average Bonchev–Trinajstić information content (AvgIpc) is 3.75. The predicted octanol–water partition coefficient (Wildman–Crippen LogP) is 7.69. The van der Waals surface area contributed by atoms with Gasteiger partial charge in [0.25, 0.3) is 0 Å². The number of nitrogens with zero attached hydrogens (tertiary/aromatic N) is 4. The Labute approximate surface area is 306 Å². The normalized spacial score (nSPS) is 19.6. The zero-order valence-corrected chi connectivity index (χ0v) is 29.9. The number of carbonyl (C=O) groups is 2. The molecule has 10 nitrogen and oxygen atoms in total. The number of carbonyl (C=O) groups excluding carboxylic acids is 2. The van der Waals surface area contributed by atoms with E-state index in [1.807, 2.05) is 39.0 Å². The molecule has 1 fully saturated rings. The first kappa shape index (κ1) is 36.0. The van der Waals surface area contributed by atoms with Crippen molar-refractivity contribution in [1.82, 2.24) is 15.5 Å². The zero-order valence-electron chi connectivity index (χ0n) is 29.9. The minimum absolute atomic E-state index is 0.110. The van der Waals surface area contributed by atoms with Crippen LogP contribution in [-0.2, 0) is 21.4 Å². The molecule has 1 saturated heterocycles. The van der Waals surface area contributed by atoms with E-state index in [1.54, 1.807) is 23.1 Å². The molecule has 3 atom stereocenters. The summed E-state index contributed by atoms with van der Waals surface area (Å²) in [5.74, 6) is -2.02. The van der Waals surface area contributed by atoms with Gasteiger partial charge in [0.05, 0.1) is 12.2 Å². The summed E-state index contributed by atoms with van der Waals surface area (Å²) in [6, 6.07) is 13.4. The zero-order chi connectivity index (χ0) is 37.5. The van der Waals surface area contributed by atoms with Crippen LogP contribution in [0.3, 0.4) is 0 Å². The minimum atomic E-state index is -0.990. The van der Waals surface area contributed by atoms with Crippen LogP contribution >= 0.6 is 0 Å². The summed E-state index contributed by atoms with van der Waals surface area (Å²) in [6.07, 6.45) is 4.34. The van der Waals surface area contributed by atoms with Crippen LogP contribution in [0.2, 0.25) is 0 Å². The third kappa shape index (κ3) is 7.60. The van der Waals surface area contributed by atoms with Gasteiger partial charge in [-0.1, -0.05) is 18.7 Å². The Morgan fingerprint density at radius 3 is 2.57 bits per heavy atom. The van der Waals surface area contributed by atoms with Crippen molar-refractivity contribution in [3.8, 4) is 5.75 Å². The lowest BCUT2D eigenvalue weighted by molar-refractivity contribution is -0.122. The standard InChI is InChI=1S/C40H42F3N5O5/c1-5-28-22-48(38(50)53-39(2,3)4)34-11-8-27(20-35(34)52-28)47-14-12-40(13-15-47)21-25(29-9-7-26(41)19-30(29)40)18-36(49)45-33(37-46-44-23-51-37)17-24-6-10-31(42)32(43)16-24/h5-11,16,19-20,23,25,28,33H,1,12-15,17-18,21-22H2,2-4H3,(H,45,49)/t25-,28?,33-/m1/s1. The van der Waals surface area contributed by atoms with Crippen LogP contribution in [-0.4, -0.2) is 53.5 Å².